The Morgan fingerprint density at radius 2 is 1.89 bits per heavy atom. The number of nitrogens with zero attached hydrogens (tertiary/aromatic N) is 2. The molecule has 5 nitrogen and oxygen atoms in total. The Balaban J connectivity index is 2.87. The van der Waals surface area contributed by atoms with Gasteiger partial charge < -0.3 is 15.4 Å². The smallest absolute Gasteiger partial charge is 0.135 e. The molecule has 1 heterocycles. The van der Waals surface area contributed by atoms with Crippen LogP contribution in [0.15, 0.2) is 6.33 Å². The summed E-state index contributed by atoms with van der Waals surface area (Å²) in [6, 6.07) is 0.224. The average molecular weight is 252 g/mol. The minimum absolute atomic E-state index is 0.224. The van der Waals surface area contributed by atoms with Gasteiger partial charge >= 0.3 is 0 Å². The molecule has 0 aliphatic rings. The fraction of sp³-hybridized carbons (Fsp3) is 0.692. The van der Waals surface area contributed by atoms with Gasteiger partial charge in [0.2, 0.25) is 0 Å². The quantitative estimate of drug-likeness (QED) is 0.780. The summed E-state index contributed by atoms with van der Waals surface area (Å²) in [7, 11) is 1.88. The molecular formula is C13H24N4O. The molecule has 0 saturated carbocycles. The zero-order valence-electron chi connectivity index (χ0n) is 11.9. The van der Waals surface area contributed by atoms with Crippen molar-refractivity contribution in [1.82, 2.24) is 9.97 Å². The first-order valence-corrected chi connectivity index (χ1v) is 6.47. The van der Waals surface area contributed by atoms with Crippen molar-refractivity contribution >= 4 is 11.6 Å². The first-order chi connectivity index (χ1) is 8.60. The monoisotopic (exact) mass is 252 g/mol. The van der Waals surface area contributed by atoms with E-state index in [1.807, 2.05) is 14.0 Å². The van der Waals surface area contributed by atoms with Crippen molar-refractivity contribution < 1.29 is 4.74 Å². The number of aromatic nitrogens is 2. The number of nitrogens with one attached hydrogen (secondary N) is 2. The number of ether oxygens (including phenoxy) is 1. The Hall–Kier alpha value is -1.36. The van der Waals surface area contributed by atoms with Gasteiger partial charge in [0.05, 0.1) is 6.61 Å². The van der Waals surface area contributed by atoms with Gasteiger partial charge in [-0.15, -0.1) is 0 Å². The molecule has 0 aliphatic carbocycles. The number of rotatable bonds is 7. The molecule has 0 saturated heterocycles. The average Bonchev–Trinajstić information content (AvgIpc) is 2.35. The SMILES string of the molecule is CCOCC(C)Nc1ncnc(NC)c1C(C)C. The molecule has 1 atom stereocenters. The van der Waals surface area contributed by atoms with E-state index in [1.54, 1.807) is 6.33 Å². The number of hydrogen-bond donors (Lipinski definition) is 2. The van der Waals surface area contributed by atoms with Crippen molar-refractivity contribution in [3.8, 4) is 0 Å². The third-order valence-electron chi connectivity index (χ3n) is 2.65. The molecule has 1 aromatic heterocycles. The molecule has 1 aromatic rings. The Morgan fingerprint density at radius 3 is 2.44 bits per heavy atom. The van der Waals surface area contributed by atoms with Crippen LogP contribution in [0, 0.1) is 0 Å². The highest BCUT2D eigenvalue weighted by Crippen LogP contribution is 2.28. The molecule has 0 bridgehead atoms. The lowest BCUT2D eigenvalue weighted by atomic mass is 10.0. The van der Waals surface area contributed by atoms with E-state index >= 15 is 0 Å². The summed E-state index contributed by atoms with van der Waals surface area (Å²) in [5, 5.41) is 6.50. The van der Waals surface area contributed by atoms with Crippen molar-refractivity contribution in [3.05, 3.63) is 11.9 Å². The van der Waals surface area contributed by atoms with Crippen LogP contribution in [-0.2, 0) is 4.74 Å². The van der Waals surface area contributed by atoms with Crippen LogP contribution in [0.25, 0.3) is 0 Å². The molecule has 0 fully saturated rings. The van der Waals surface area contributed by atoms with Crippen LogP contribution in [0.3, 0.4) is 0 Å². The van der Waals surface area contributed by atoms with Crippen LogP contribution in [0.2, 0.25) is 0 Å². The predicted octanol–water partition coefficient (Wildman–Crippen LogP) is 2.48. The van der Waals surface area contributed by atoms with Crippen molar-refractivity contribution in [2.45, 2.75) is 39.7 Å². The van der Waals surface area contributed by atoms with Crippen molar-refractivity contribution in [3.63, 3.8) is 0 Å². The molecule has 2 N–H and O–H groups in total. The van der Waals surface area contributed by atoms with E-state index in [4.69, 9.17) is 4.74 Å². The summed E-state index contributed by atoms with van der Waals surface area (Å²) in [5.74, 6) is 2.12. The second kappa shape index (κ2) is 7.16. The molecule has 102 valence electrons. The Bertz CT molecular complexity index is 368. The van der Waals surface area contributed by atoms with E-state index in [-0.39, 0.29) is 6.04 Å². The predicted molar refractivity (Wildman–Crippen MR) is 75.2 cm³/mol. The van der Waals surface area contributed by atoms with Crippen LogP contribution in [-0.4, -0.2) is 36.3 Å². The summed E-state index contributed by atoms with van der Waals surface area (Å²) in [5.41, 5.74) is 1.11. The highest BCUT2D eigenvalue weighted by molar-refractivity contribution is 5.59. The van der Waals surface area contributed by atoms with Crippen molar-refractivity contribution in [2.75, 3.05) is 30.9 Å². The van der Waals surface area contributed by atoms with Crippen molar-refractivity contribution in [1.29, 1.82) is 0 Å². The molecule has 18 heavy (non-hydrogen) atoms. The highest BCUT2D eigenvalue weighted by atomic mass is 16.5. The van der Waals surface area contributed by atoms with Crippen LogP contribution < -0.4 is 10.6 Å². The maximum Gasteiger partial charge on any atom is 0.135 e. The van der Waals surface area contributed by atoms with E-state index in [0.717, 1.165) is 23.8 Å². The van der Waals surface area contributed by atoms with Gasteiger partial charge in [0.1, 0.15) is 18.0 Å². The zero-order valence-corrected chi connectivity index (χ0v) is 11.9. The topological polar surface area (TPSA) is 59.1 Å². The maximum atomic E-state index is 5.40. The summed E-state index contributed by atoms with van der Waals surface area (Å²) in [4.78, 5) is 8.59. The number of anilines is 2. The van der Waals surface area contributed by atoms with Crippen LogP contribution in [0.4, 0.5) is 11.6 Å². The van der Waals surface area contributed by atoms with Crippen LogP contribution in [0.1, 0.15) is 39.2 Å². The molecule has 0 radical (unpaired) electrons. The summed E-state index contributed by atoms with van der Waals surface area (Å²) < 4.78 is 5.40. The molecule has 5 heteroatoms. The molecule has 1 unspecified atom stereocenters. The van der Waals surface area contributed by atoms with Gasteiger partial charge in [-0.1, -0.05) is 13.8 Å². The molecule has 0 amide bonds. The summed E-state index contributed by atoms with van der Waals surface area (Å²) in [6.07, 6.45) is 1.58. The molecular weight excluding hydrogens is 228 g/mol. The van der Waals surface area contributed by atoms with Crippen LogP contribution in [0.5, 0.6) is 0 Å². The summed E-state index contributed by atoms with van der Waals surface area (Å²) >= 11 is 0. The van der Waals surface area contributed by atoms with E-state index in [9.17, 15) is 0 Å². The number of hydrogen-bond acceptors (Lipinski definition) is 5. The lowest BCUT2D eigenvalue weighted by Crippen LogP contribution is -2.23. The van der Waals surface area contributed by atoms with E-state index in [0.29, 0.717) is 12.5 Å². The standard InChI is InChI=1S/C13H24N4O/c1-6-18-7-10(4)17-13-11(9(2)3)12(14-5)15-8-16-13/h8-10H,6-7H2,1-5H3,(H2,14,15,16,17). The third kappa shape index (κ3) is 3.84. The fourth-order valence-corrected chi connectivity index (χ4v) is 1.83. The van der Waals surface area contributed by atoms with E-state index < -0.39 is 0 Å². The third-order valence-corrected chi connectivity index (χ3v) is 2.65. The van der Waals surface area contributed by atoms with Gasteiger partial charge in [0, 0.05) is 25.3 Å². The van der Waals surface area contributed by atoms with Gasteiger partial charge in [0.15, 0.2) is 0 Å². The zero-order chi connectivity index (χ0) is 13.5. The van der Waals surface area contributed by atoms with E-state index in [1.165, 1.54) is 0 Å². The normalized spacial score (nSPS) is 12.6. The Labute approximate surface area is 109 Å². The maximum absolute atomic E-state index is 5.40. The fourth-order valence-electron chi connectivity index (χ4n) is 1.83. The molecule has 0 aliphatic heterocycles. The molecule has 1 rings (SSSR count). The van der Waals surface area contributed by atoms with E-state index in [2.05, 4.69) is 41.4 Å². The second-order valence-electron chi connectivity index (χ2n) is 4.59. The Kier molecular flexibility index (Phi) is 5.85. The lowest BCUT2D eigenvalue weighted by Gasteiger charge is -2.20. The van der Waals surface area contributed by atoms with Gasteiger partial charge in [-0.25, -0.2) is 9.97 Å². The second-order valence-corrected chi connectivity index (χ2v) is 4.59. The first kappa shape index (κ1) is 14.7. The van der Waals surface area contributed by atoms with Gasteiger partial charge in [0.25, 0.3) is 0 Å². The highest BCUT2D eigenvalue weighted by Gasteiger charge is 2.15. The summed E-state index contributed by atoms with van der Waals surface area (Å²) in [6.45, 7) is 9.76. The van der Waals surface area contributed by atoms with Crippen molar-refractivity contribution in [2.24, 2.45) is 0 Å². The minimum atomic E-state index is 0.224. The van der Waals surface area contributed by atoms with Gasteiger partial charge in [-0.2, -0.15) is 0 Å². The van der Waals surface area contributed by atoms with Gasteiger partial charge in [-0.3, -0.25) is 0 Å². The molecule has 0 aromatic carbocycles. The largest absolute Gasteiger partial charge is 0.380 e. The first-order valence-electron chi connectivity index (χ1n) is 6.47. The Morgan fingerprint density at radius 1 is 1.22 bits per heavy atom. The minimum Gasteiger partial charge on any atom is -0.380 e. The lowest BCUT2D eigenvalue weighted by molar-refractivity contribution is 0.141. The molecule has 0 spiro atoms. The van der Waals surface area contributed by atoms with Gasteiger partial charge in [-0.05, 0) is 19.8 Å². The van der Waals surface area contributed by atoms with Crippen LogP contribution >= 0.6 is 0 Å².